The molecule has 0 saturated carbocycles. The zero-order valence-corrected chi connectivity index (χ0v) is 14.8. The quantitative estimate of drug-likeness (QED) is 0.471. The fourth-order valence-corrected chi connectivity index (χ4v) is 2.96. The predicted octanol–water partition coefficient (Wildman–Crippen LogP) is 4.99. The molecule has 1 heterocycles. The monoisotopic (exact) mass is 356 g/mol. The number of hydrogen-bond acceptors (Lipinski definition) is 2. The molecule has 134 valence electrons. The lowest BCUT2D eigenvalue weighted by Gasteiger charge is -2.08. The topological polar surface area (TPSA) is 69.8 Å². The van der Waals surface area contributed by atoms with Gasteiger partial charge in [-0.15, -0.1) is 0 Å². The Hall–Kier alpha value is -3.60. The van der Waals surface area contributed by atoms with Crippen LogP contribution < -0.4 is 10.6 Å². The fourth-order valence-electron chi connectivity index (χ4n) is 2.96. The standard InChI is InChI=1S/C22H20N4O/c27-22(23-17-6-2-1-3-7-17)24-18-13-10-16(11-14-18)12-15-21-25-19-8-4-5-9-20(19)26-21/h1-11,13-14H,12,15H2,(H,25,26)(H2,23,24,27). The number of carbonyl (C=O) groups excluding carboxylic acids is 1. The highest BCUT2D eigenvalue weighted by Crippen LogP contribution is 2.15. The normalized spacial score (nSPS) is 10.7. The Balaban J connectivity index is 1.32. The average molecular weight is 356 g/mol. The van der Waals surface area contributed by atoms with Gasteiger partial charge in [-0.25, -0.2) is 9.78 Å². The molecule has 4 aromatic rings. The first-order chi connectivity index (χ1) is 13.3. The minimum Gasteiger partial charge on any atom is -0.342 e. The second kappa shape index (κ2) is 7.74. The summed E-state index contributed by atoms with van der Waals surface area (Å²) in [5.41, 5.74) is 4.78. The van der Waals surface area contributed by atoms with Crippen molar-refractivity contribution in [2.24, 2.45) is 0 Å². The number of para-hydroxylation sites is 3. The van der Waals surface area contributed by atoms with E-state index in [0.29, 0.717) is 0 Å². The number of urea groups is 1. The van der Waals surface area contributed by atoms with Gasteiger partial charge in [0.25, 0.3) is 0 Å². The number of amides is 2. The maximum Gasteiger partial charge on any atom is 0.323 e. The van der Waals surface area contributed by atoms with Crippen LogP contribution in [0, 0.1) is 0 Å². The molecular formula is C22H20N4O. The van der Waals surface area contributed by atoms with E-state index in [1.165, 1.54) is 5.56 Å². The lowest BCUT2D eigenvalue weighted by molar-refractivity contribution is 0.262. The van der Waals surface area contributed by atoms with Gasteiger partial charge in [0.05, 0.1) is 11.0 Å². The van der Waals surface area contributed by atoms with Crippen LogP contribution in [0.1, 0.15) is 11.4 Å². The van der Waals surface area contributed by atoms with Gasteiger partial charge < -0.3 is 15.6 Å². The molecule has 0 spiro atoms. The van der Waals surface area contributed by atoms with Gasteiger partial charge >= 0.3 is 6.03 Å². The maximum absolute atomic E-state index is 12.0. The summed E-state index contributed by atoms with van der Waals surface area (Å²) < 4.78 is 0. The molecule has 0 aliphatic rings. The van der Waals surface area contributed by atoms with E-state index in [2.05, 4.69) is 20.6 Å². The third-order valence-corrected chi connectivity index (χ3v) is 4.33. The summed E-state index contributed by atoms with van der Waals surface area (Å²) in [5, 5.41) is 5.64. The van der Waals surface area contributed by atoms with E-state index in [0.717, 1.165) is 41.1 Å². The molecular weight excluding hydrogens is 336 g/mol. The molecule has 5 heteroatoms. The number of hydrogen-bond donors (Lipinski definition) is 3. The highest BCUT2D eigenvalue weighted by Gasteiger charge is 2.04. The number of nitrogens with one attached hydrogen (secondary N) is 3. The van der Waals surface area contributed by atoms with Gasteiger partial charge in [0, 0.05) is 17.8 Å². The Morgan fingerprint density at radius 3 is 2.19 bits per heavy atom. The average Bonchev–Trinajstić information content (AvgIpc) is 3.11. The number of benzene rings is 3. The molecule has 27 heavy (non-hydrogen) atoms. The first-order valence-electron chi connectivity index (χ1n) is 8.92. The second-order valence-electron chi connectivity index (χ2n) is 6.34. The first-order valence-corrected chi connectivity index (χ1v) is 8.92. The molecule has 0 atom stereocenters. The number of H-pyrrole nitrogens is 1. The predicted molar refractivity (Wildman–Crippen MR) is 109 cm³/mol. The lowest BCUT2D eigenvalue weighted by Crippen LogP contribution is -2.19. The Bertz CT molecular complexity index is 1010. The van der Waals surface area contributed by atoms with Crippen LogP contribution in [0.4, 0.5) is 16.2 Å². The van der Waals surface area contributed by atoms with Crippen LogP contribution in [0.2, 0.25) is 0 Å². The van der Waals surface area contributed by atoms with Crippen LogP contribution in [0.3, 0.4) is 0 Å². The summed E-state index contributed by atoms with van der Waals surface area (Å²) in [5.74, 6) is 0.987. The van der Waals surface area contributed by atoms with Gasteiger partial charge in [0.15, 0.2) is 0 Å². The van der Waals surface area contributed by atoms with Crippen molar-refractivity contribution in [2.45, 2.75) is 12.8 Å². The summed E-state index contributed by atoms with van der Waals surface area (Å²) >= 11 is 0. The van der Waals surface area contributed by atoms with Gasteiger partial charge in [-0.3, -0.25) is 0 Å². The largest absolute Gasteiger partial charge is 0.342 e. The number of fused-ring (bicyclic) bond motifs is 1. The number of carbonyl (C=O) groups is 1. The molecule has 0 fully saturated rings. The smallest absolute Gasteiger partial charge is 0.323 e. The van der Waals surface area contributed by atoms with Crippen molar-refractivity contribution in [1.29, 1.82) is 0 Å². The molecule has 0 bridgehead atoms. The number of anilines is 2. The molecule has 0 unspecified atom stereocenters. The zero-order chi connectivity index (χ0) is 18.5. The van der Waals surface area contributed by atoms with Crippen molar-refractivity contribution in [3.05, 3.63) is 90.3 Å². The highest BCUT2D eigenvalue weighted by atomic mass is 16.2. The van der Waals surface area contributed by atoms with E-state index in [9.17, 15) is 4.79 Å². The maximum atomic E-state index is 12.0. The van der Waals surface area contributed by atoms with Crippen molar-refractivity contribution in [2.75, 3.05) is 10.6 Å². The van der Waals surface area contributed by atoms with Crippen LogP contribution in [0.25, 0.3) is 11.0 Å². The molecule has 3 N–H and O–H groups in total. The molecule has 0 aliphatic carbocycles. The Kier molecular flexibility index (Phi) is 4.83. The third-order valence-electron chi connectivity index (χ3n) is 4.33. The number of aromatic nitrogens is 2. The molecule has 2 amide bonds. The van der Waals surface area contributed by atoms with Crippen LogP contribution in [0.15, 0.2) is 78.9 Å². The zero-order valence-electron chi connectivity index (χ0n) is 14.8. The van der Waals surface area contributed by atoms with Crippen LogP contribution in [-0.4, -0.2) is 16.0 Å². The van der Waals surface area contributed by atoms with Gasteiger partial charge in [-0.2, -0.15) is 0 Å². The number of rotatable bonds is 5. The number of aryl methyl sites for hydroxylation is 2. The van der Waals surface area contributed by atoms with E-state index in [-0.39, 0.29) is 6.03 Å². The van der Waals surface area contributed by atoms with Crippen molar-refractivity contribution >= 4 is 28.4 Å². The second-order valence-corrected chi connectivity index (χ2v) is 6.34. The molecule has 3 aromatic carbocycles. The summed E-state index contributed by atoms with van der Waals surface area (Å²) in [7, 11) is 0. The van der Waals surface area contributed by atoms with E-state index >= 15 is 0 Å². The van der Waals surface area contributed by atoms with E-state index in [1.54, 1.807) is 0 Å². The number of nitrogens with zero attached hydrogens (tertiary/aromatic N) is 1. The highest BCUT2D eigenvalue weighted by molar-refractivity contribution is 5.99. The minimum atomic E-state index is -0.253. The molecule has 1 aromatic heterocycles. The van der Waals surface area contributed by atoms with Crippen LogP contribution >= 0.6 is 0 Å². The number of imidazole rings is 1. The first kappa shape index (κ1) is 16.8. The van der Waals surface area contributed by atoms with Gasteiger partial charge in [-0.1, -0.05) is 42.5 Å². The molecule has 4 rings (SSSR count). The molecule has 0 saturated heterocycles. The van der Waals surface area contributed by atoms with E-state index in [1.807, 2.05) is 78.9 Å². The fraction of sp³-hybridized carbons (Fsp3) is 0.0909. The van der Waals surface area contributed by atoms with Gasteiger partial charge in [-0.05, 0) is 48.4 Å². The van der Waals surface area contributed by atoms with Crippen molar-refractivity contribution in [3.63, 3.8) is 0 Å². The minimum absolute atomic E-state index is 0.253. The third kappa shape index (κ3) is 4.33. The van der Waals surface area contributed by atoms with Crippen LogP contribution in [0.5, 0.6) is 0 Å². The Labute approximate surface area is 157 Å². The van der Waals surface area contributed by atoms with Gasteiger partial charge in [0.2, 0.25) is 0 Å². The van der Waals surface area contributed by atoms with Crippen molar-refractivity contribution in [3.8, 4) is 0 Å². The van der Waals surface area contributed by atoms with Crippen molar-refractivity contribution in [1.82, 2.24) is 9.97 Å². The molecule has 0 aliphatic heterocycles. The summed E-state index contributed by atoms with van der Waals surface area (Å²) in [4.78, 5) is 20.0. The van der Waals surface area contributed by atoms with Gasteiger partial charge in [0.1, 0.15) is 5.82 Å². The van der Waals surface area contributed by atoms with Crippen LogP contribution in [-0.2, 0) is 12.8 Å². The van der Waals surface area contributed by atoms with E-state index in [4.69, 9.17) is 0 Å². The summed E-state index contributed by atoms with van der Waals surface area (Å²) in [6.45, 7) is 0. The molecule has 0 radical (unpaired) electrons. The van der Waals surface area contributed by atoms with E-state index < -0.39 is 0 Å². The Morgan fingerprint density at radius 1 is 0.778 bits per heavy atom. The summed E-state index contributed by atoms with van der Waals surface area (Å²) in [6, 6.07) is 25.0. The Morgan fingerprint density at radius 2 is 1.44 bits per heavy atom. The van der Waals surface area contributed by atoms with Crippen molar-refractivity contribution < 1.29 is 4.79 Å². The summed E-state index contributed by atoms with van der Waals surface area (Å²) in [6.07, 6.45) is 1.73. The SMILES string of the molecule is O=C(Nc1ccccc1)Nc1ccc(CCc2nc3ccccc3[nH]2)cc1. The lowest BCUT2D eigenvalue weighted by atomic mass is 10.1. The number of aromatic amines is 1. The molecule has 5 nitrogen and oxygen atoms in total.